The molecule has 1 aromatic rings. The molecule has 0 bridgehead atoms. The standard InChI is InChI=1S/C14H23NS/c1-14(2,3)13(15-4)12-9-10-7-5-6-8-11(10)16-12/h9,13,15H,5-8H2,1-4H3. The Balaban J connectivity index is 2.29. The monoisotopic (exact) mass is 237 g/mol. The molecule has 1 unspecified atom stereocenters. The molecule has 0 amide bonds. The lowest BCUT2D eigenvalue weighted by Gasteiger charge is -2.29. The zero-order valence-corrected chi connectivity index (χ0v) is 11.7. The summed E-state index contributed by atoms with van der Waals surface area (Å²) in [5.41, 5.74) is 1.91. The molecule has 0 aromatic carbocycles. The van der Waals surface area contributed by atoms with Crippen molar-refractivity contribution in [1.29, 1.82) is 0 Å². The fourth-order valence-electron chi connectivity index (χ4n) is 2.66. The number of nitrogens with one attached hydrogen (secondary N) is 1. The summed E-state index contributed by atoms with van der Waals surface area (Å²) in [4.78, 5) is 3.17. The average molecular weight is 237 g/mol. The summed E-state index contributed by atoms with van der Waals surface area (Å²) < 4.78 is 0. The number of aryl methyl sites for hydroxylation is 2. The maximum absolute atomic E-state index is 3.48. The Kier molecular flexibility index (Phi) is 3.41. The van der Waals surface area contributed by atoms with Crippen LogP contribution in [0.5, 0.6) is 0 Å². The van der Waals surface area contributed by atoms with Gasteiger partial charge < -0.3 is 5.32 Å². The van der Waals surface area contributed by atoms with E-state index in [1.54, 1.807) is 10.4 Å². The fraction of sp³-hybridized carbons (Fsp3) is 0.714. The summed E-state index contributed by atoms with van der Waals surface area (Å²) in [5.74, 6) is 0. The fourth-order valence-corrected chi connectivity index (χ4v) is 4.27. The van der Waals surface area contributed by atoms with E-state index in [-0.39, 0.29) is 0 Å². The number of rotatable bonds is 2. The smallest absolute Gasteiger partial charge is 0.0461 e. The summed E-state index contributed by atoms with van der Waals surface area (Å²) in [6.07, 6.45) is 5.36. The maximum atomic E-state index is 3.48. The van der Waals surface area contributed by atoms with Crippen LogP contribution < -0.4 is 5.32 Å². The highest BCUT2D eigenvalue weighted by Crippen LogP contribution is 2.39. The van der Waals surface area contributed by atoms with Gasteiger partial charge in [0.1, 0.15) is 0 Å². The Morgan fingerprint density at radius 2 is 1.94 bits per heavy atom. The van der Waals surface area contributed by atoms with Crippen molar-refractivity contribution in [3.8, 4) is 0 Å². The predicted octanol–water partition coefficient (Wildman–Crippen LogP) is 3.93. The second-order valence-electron chi connectivity index (χ2n) is 5.89. The lowest BCUT2D eigenvalue weighted by atomic mass is 9.85. The van der Waals surface area contributed by atoms with E-state index in [9.17, 15) is 0 Å². The van der Waals surface area contributed by atoms with Crippen molar-refractivity contribution in [2.45, 2.75) is 52.5 Å². The molecule has 2 heteroatoms. The molecule has 0 spiro atoms. The van der Waals surface area contributed by atoms with Gasteiger partial charge >= 0.3 is 0 Å². The molecule has 0 aliphatic heterocycles. The van der Waals surface area contributed by atoms with Crippen LogP contribution in [-0.4, -0.2) is 7.05 Å². The minimum absolute atomic E-state index is 0.294. The second-order valence-corrected chi connectivity index (χ2v) is 7.06. The van der Waals surface area contributed by atoms with Crippen LogP contribution in [-0.2, 0) is 12.8 Å². The van der Waals surface area contributed by atoms with Gasteiger partial charge in [0.05, 0.1) is 0 Å². The van der Waals surface area contributed by atoms with E-state index in [2.05, 4.69) is 39.2 Å². The molecular weight excluding hydrogens is 214 g/mol. The third kappa shape index (κ3) is 2.33. The van der Waals surface area contributed by atoms with Gasteiger partial charge in [0.25, 0.3) is 0 Å². The first-order valence-electron chi connectivity index (χ1n) is 6.31. The minimum Gasteiger partial charge on any atom is -0.312 e. The van der Waals surface area contributed by atoms with Crippen molar-refractivity contribution in [1.82, 2.24) is 5.32 Å². The molecule has 1 aromatic heterocycles. The molecule has 0 fully saturated rings. The van der Waals surface area contributed by atoms with Crippen LogP contribution in [0.15, 0.2) is 6.07 Å². The van der Waals surface area contributed by atoms with E-state index < -0.39 is 0 Å². The van der Waals surface area contributed by atoms with Crippen LogP contribution >= 0.6 is 11.3 Å². The number of hydrogen-bond donors (Lipinski definition) is 1. The quantitative estimate of drug-likeness (QED) is 0.821. The Hall–Kier alpha value is -0.340. The van der Waals surface area contributed by atoms with Crippen LogP contribution in [0.3, 0.4) is 0 Å². The van der Waals surface area contributed by atoms with Crippen molar-refractivity contribution >= 4 is 11.3 Å². The molecule has 1 atom stereocenters. The molecule has 90 valence electrons. The van der Waals surface area contributed by atoms with Gasteiger partial charge in [0.15, 0.2) is 0 Å². The molecule has 1 heterocycles. The van der Waals surface area contributed by atoms with E-state index in [1.807, 2.05) is 11.3 Å². The number of fused-ring (bicyclic) bond motifs is 1. The molecule has 1 nitrogen and oxygen atoms in total. The van der Waals surface area contributed by atoms with Gasteiger partial charge in [-0.25, -0.2) is 0 Å². The predicted molar refractivity (Wildman–Crippen MR) is 72.2 cm³/mol. The lowest BCUT2D eigenvalue weighted by Crippen LogP contribution is -2.28. The highest BCUT2D eigenvalue weighted by Gasteiger charge is 2.27. The van der Waals surface area contributed by atoms with Crippen molar-refractivity contribution < 1.29 is 0 Å². The van der Waals surface area contributed by atoms with Crippen LogP contribution in [0.1, 0.15) is 55.0 Å². The summed E-state index contributed by atoms with van der Waals surface area (Å²) >= 11 is 2.03. The van der Waals surface area contributed by atoms with Crippen LogP contribution in [0, 0.1) is 5.41 Å². The first-order chi connectivity index (χ1) is 7.52. The van der Waals surface area contributed by atoms with Crippen LogP contribution in [0.25, 0.3) is 0 Å². The summed E-state index contributed by atoms with van der Waals surface area (Å²) in [6.45, 7) is 6.94. The van der Waals surface area contributed by atoms with Gasteiger partial charge in [-0.3, -0.25) is 0 Å². The number of hydrogen-bond acceptors (Lipinski definition) is 2. The zero-order valence-electron chi connectivity index (χ0n) is 10.9. The zero-order chi connectivity index (χ0) is 11.8. The Labute approximate surface area is 103 Å². The largest absolute Gasteiger partial charge is 0.312 e. The third-order valence-corrected chi connectivity index (χ3v) is 4.76. The van der Waals surface area contributed by atoms with E-state index >= 15 is 0 Å². The summed E-state index contributed by atoms with van der Waals surface area (Å²) in [5, 5.41) is 3.48. The first kappa shape index (κ1) is 12.1. The van der Waals surface area contributed by atoms with Crippen molar-refractivity contribution in [2.75, 3.05) is 7.05 Å². The molecule has 2 rings (SSSR count). The highest BCUT2D eigenvalue weighted by molar-refractivity contribution is 7.12. The van der Waals surface area contributed by atoms with Crippen molar-refractivity contribution in [3.63, 3.8) is 0 Å². The summed E-state index contributed by atoms with van der Waals surface area (Å²) in [7, 11) is 2.08. The van der Waals surface area contributed by atoms with Crippen LogP contribution in [0.4, 0.5) is 0 Å². The molecule has 0 saturated carbocycles. The Morgan fingerprint density at radius 3 is 2.50 bits per heavy atom. The third-order valence-electron chi connectivity index (χ3n) is 3.45. The first-order valence-corrected chi connectivity index (χ1v) is 7.13. The van der Waals surface area contributed by atoms with E-state index in [0.717, 1.165) is 0 Å². The van der Waals surface area contributed by atoms with E-state index in [0.29, 0.717) is 11.5 Å². The van der Waals surface area contributed by atoms with Gasteiger partial charge in [0, 0.05) is 15.8 Å². The van der Waals surface area contributed by atoms with Gasteiger partial charge in [-0.1, -0.05) is 20.8 Å². The van der Waals surface area contributed by atoms with Gasteiger partial charge in [-0.15, -0.1) is 11.3 Å². The molecule has 0 radical (unpaired) electrons. The SMILES string of the molecule is CNC(c1cc2c(s1)CCCC2)C(C)(C)C. The van der Waals surface area contributed by atoms with Crippen LogP contribution in [0.2, 0.25) is 0 Å². The Bertz CT molecular complexity index is 336. The molecule has 16 heavy (non-hydrogen) atoms. The molecule has 1 aliphatic carbocycles. The molecule has 1 N–H and O–H groups in total. The molecule has 1 aliphatic rings. The minimum atomic E-state index is 0.294. The van der Waals surface area contributed by atoms with E-state index in [1.165, 1.54) is 30.6 Å². The van der Waals surface area contributed by atoms with Crippen molar-refractivity contribution in [3.05, 3.63) is 21.4 Å². The lowest BCUT2D eigenvalue weighted by molar-refractivity contribution is 0.291. The average Bonchev–Trinajstić information content (AvgIpc) is 2.59. The van der Waals surface area contributed by atoms with Crippen molar-refractivity contribution in [2.24, 2.45) is 5.41 Å². The van der Waals surface area contributed by atoms with Gasteiger partial charge in [0.2, 0.25) is 0 Å². The summed E-state index contributed by atoms with van der Waals surface area (Å²) in [6, 6.07) is 2.94. The Morgan fingerprint density at radius 1 is 1.25 bits per heavy atom. The number of thiophene rings is 1. The highest BCUT2D eigenvalue weighted by atomic mass is 32.1. The maximum Gasteiger partial charge on any atom is 0.0461 e. The molecular formula is C14H23NS. The van der Waals surface area contributed by atoms with Gasteiger partial charge in [-0.05, 0) is 49.8 Å². The normalized spacial score (nSPS) is 18.2. The molecule has 0 saturated heterocycles. The topological polar surface area (TPSA) is 12.0 Å². The second kappa shape index (κ2) is 4.50. The van der Waals surface area contributed by atoms with Gasteiger partial charge in [-0.2, -0.15) is 0 Å². The van der Waals surface area contributed by atoms with E-state index in [4.69, 9.17) is 0 Å².